The van der Waals surface area contributed by atoms with Gasteiger partial charge in [-0.05, 0) is 101 Å². The zero-order valence-electron chi connectivity index (χ0n) is 31.3. The highest BCUT2D eigenvalue weighted by atomic mass is 15.0. The molecule has 12 rings (SSSR count). The maximum atomic E-state index is 5.37. The van der Waals surface area contributed by atoms with Crippen molar-refractivity contribution in [3.8, 4) is 78.7 Å². The van der Waals surface area contributed by atoms with Gasteiger partial charge in [0.25, 0.3) is 0 Å². The molecule has 0 N–H and O–H groups in total. The van der Waals surface area contributed by atoms with Gasteiger partial charge in [0.2, 0.25) is 0 Å². The number of pyridine rings is 1. The van der Waals surface area contributed by atoms with Gasteiger partial charge >= 0.3 is 0 Å². The molecule has 1 aliphatic carbocycles. The van der Waals surface area contributed by atoms with E-state index in [1.54, 1.807) is 0 Å². The maximum Gasteiger partial charge on any atom is 0.164 e. The zero-order valence-corrected chi connectivity index (χ0v) is 31.3. The van der Waals surface area contributed by atoms with Gasteiger partial charge < -0.3 is 0 Å². The highest BCUT2D eigenvalue weighted by molar-refractivity contribution is 6.23. The SMILES string of the molecule is c1ccc(-c2ccc(-c3nc(-c4cc5c6c(cccc6c4)-c4ccccc4-5)nc(-c4ccccc4-c4cc5ncccc5c5ccc6ccccc6c45)n3)cc2)cc1. The lowest BCUT2D eigenvalue weighted by molar-refractivity contribution is 1.08. The van der Waals surface area contributed by atoms with E-state index < -0.39 is 0 Å². The first-order valence-electron chi connectivity index (χ1n) is 19.6. The second kappa shape index (κ2) is 12.9. The molecule has 0 atom stereocenters. The van der Waals surface area contributed by atoms with Crippen molar-refractivity contribution in [3.63, 3.8) is 0 Å². The first kappa shape index (κ1) is 32.4. The van der Waals surface area contributed by atoms with Crippen molar-refractivity contribution in [2.75, 3.05) is 0 Å². The fourth-order valence-corrected chi connectivity index (χ4v) is 9.02. The van der Waals surface area contributed by atoms with E-state index in [0.29, 0.717) is 17.5 Å². The van der Waals surface area contributed by atoms with Crippen LogP contribution in [0.4, 0.5) is 0 Å². The summed E-state index contributed by atoms with van der Waals surface area (Å²) in [4.78, 5) is 20.8. The Morgan fingerprint density at radius 2 is 0.862 bits per heavy atom. The normalized spacial score (nSPS) is 11.8. The van der Waals surface area contributed by atoms with Crippen LogP contribution >= 0.6 is 0 Å². The van der Waals surface area contributed by atoms with Crippen LogP contribution in [0.3, 0.4) is 0 Å². The summed E-state index contributed by atoms with van der Waals surface area (Å²) in [5.41, 5.74) is 13.1. The van der Waals surface area contributed by atoms with Crippen LogP contribution in [0.2, 0.25) is 0 Å². The van der Waals surface area contributed by atoms with E-state index >= 15 is 0 Å². The van der Waals surface area contributed by atoms with Crippen LogP contribution < -0.4 is 0 Å². The molecule has 1 aliphatic rings. The molecule has 58 heavy (non-hydrogen) atoms. The average Bonchev–Trinajstić information content (AvgIpc) is 3.63. The van der Waals surface area contributed by atoms with E-state index in [4.69, 9.17) is 19.9 Å². The number of nitrogens with zero attached hydrogens (tertiary/aromatic N) is 4. The molecule has 4 heteroatoms. The first-order chi connectivity index (χ1) is 28.7. The fourth-order valence-electron chi connectivity index (χ4n) is 9.02. The van der Waals surface area contributed by atoms with Crippen molar-refractivity contribution in [2.24, 2.45) is 0 Å². The van der Waals surface area contributed by atoms with Crippen LogP contribution in [0.15, 0.2) is 194 Å². The van der Waals surface area contributed by atoms with Gasteiger partial charge in [-0.1, -0.05) is 164 Å². The molecule has 9 aromatic carbocycles. The number of benzene rings is 9. The summed E-state index contributed by atoms with van der Waals surface area (Å²) < 4.78 is 0. The number of fused-ring (bicyclic) bond motifs is 8. The molecule has 0 spiro atoms. The van der Waals surface area contributed by atoms with Crippen LogP contribution in [0.1, 0.15) is 0 Å². The highest BCUT2D eigenvalue weighted by Crippen LogP contribution is 2.49. The molecule has 2 heterocycles. The molecule has 0 saturated heterocycles. The Bertz CT molecular complexity index is 3440. The molecule has 0 fully saturated rings. The van der Waals surface area contributed by atoms with Gasteiger partial charge in [-0.15, -0.1) is 0 Å². The Kier molecular flexibility index (Phi) is 7.20. The summed E-state index contributed by atoms with van der Waals surface area (Å²) >= 11 is 0. The minimum Gasteiger partial charge on any atom is -0.256 e. The van der Waals surface area contributed by atoms with Gasteiger partial charge in [-0.3, -0.25) is 4.98 Å². The van der Waals surface area contributed by atoms with Crippen molar-refractivity contribution in [2.45, 2.75) is 0 Å². The molecular formula is C54H32N4. The Morgan fingerprint density at radius 3 is 1.69 bits per heavy atom. The van der Waals surface area contributed by atoms with E-state index in [1.165, 1.54) is 60.1 Å². The first-order valence-corrected chi connectivity index (χ1v) is 19.6. The topological polar surface area (TPSA) is 51.6 Å². The van der Waals surface area contributed by atoms with E-state index in [9.17, 15) is 0 Å². The minimum absolute atomic E-state index is 0.614. The summed E-state index contributed by atoms with van der Waals surface area (Å²) in [6.07, 6.45) is 1.87. The van der Waals surface area contributed by atoms with Gasteiger partial charge in [0.05, 0.1) is 5.52 Å². The lowest BCUT2D eigenvalue weighted by atomic mass is 9.89. The summed E-state index contributed by atoms with van der Waals surface area (Å²) in [5, 5.41) is 8.30. The third-order valence-corrected chi connectivity index (χ3v) is 11.7. The zero-order chi connectivity index (χ0) is 38.2. The molecular weight excluding hydrogens is 705 g/mol. The predicted molar refractivity (Wildman–Crippen MR) is 239 cm³/mol. The fraction of sp³-hybridized carbons (Fsp3) is 0. The number of hydrogen-bond acceptors (Lipinski definition) is 4. The van der Waals surface area contributed by atoms with Crippen LogP contribution in [-0.2, 0) is 0 Å². The standard InChI is InChI=1S/C54H32N4/c1-2-12-33(13-3-1)34-23-25-36(26-24-34)52-56-53(38-30-37-15-10-21-44-40-17-6-7-18-41(40)47(31-38)50(37)44)58-54(57-52)46-20-9-8-19-42(46)48-32-49-43(22-11-29-55-49)45-28-27-35-14-4-5-16-39(35)51(45)48/h1-32H. The monoisotopic (exact) mass is 736 g/mol. The van der Waals surface area contributed by atoms with E-state index in [1.807, 2.05) is 18.3 Å². The second-order valence-electron chi connectivity index (χ2n) is 15.0. The highest BCUT2D eigenvalue weighted by Gasteiger charge is 2.24. The van der Waals surface area contributed by atoms with Gasteiger partial charge in [0.1, 0.15) is 0 Å². The molecule has 4 nitrogen and oxygen atoms in total. The third kappa shape index (κ3) is 5.09. The molecule has 11 aromatic rings. The van der Waals surface area contributed by atoms with Crippen molar-refractivity contribution in [1.29, 1.82) is 0 Å². The Hall–Kier alpha value is -7.82. The maximum absolute atomic E-state index is 5.37. The molecule has 0 saturated carbocycles. The van der Waals surface area contributed by atoms with Crippen LogP contribution in [0.5, 0.6) is 0 Å². The van der Waals surface area contributed by atoms with E-state index in [2.05, 4.69) is 176 Å². The molecule has 0 bridgehead atoms. The van der Waals surface area contributed by atoms with Gasteiger partial charge in [0.15, 0.2) is 17.5 Å². The number of aromatic nitrogens is 4. The average molecular weight is 737 g/mol. The molecule has 0 unspecified atom stereocenters. The van der Waals surface area contributed by atoms with Gasteiger partial charge in [-0.25, -0.2) is 15.0 Å². The van der Waals surface area contributed by atoms with E-state index in [0.717, 1.165) is 44.3 Å². The van der Waals surface area contributed by atoms with Gasteiger partial charge in [0, 0.05) is 28.3 Å². The van der Waals surface area contributed by atoms with Crippen molar-refractivity contribution in [1.82, 2.24) is 19.9 Å². The lowest BCUT2D eigenvalue weighted by Crippen LogP contribution is -2.01. The van der Waals surface area contributed by atoms with Crippen LogP contribution in [0, 0.1) is 0 Å². The third-order valence-electron chi connectivity index (χ3n) is 11.7. The number of hydrogen-bond donors (Lipinski definition) is 0. The van der Waals surface area contributed by atoms with Crippen LogP contribution in [0.25, 0.3) is 122 Å². The van der Waals surface area contributed by atoms with E-state index in [-0.39, 0.29) is 0 Å². The summed E-state index contributed by atoms with van der Waals surface area (Å²) in [6, 6.07) is 66.7. The molecule has 0 aliphatic heterocycles. The summed E-state index contributed by atoms with van der Waals surface area (Å²) in [6.45, 7) is 0. The lowest BCUT2D eigenvalue weighted by Gasteiger charge is -2.16. The predicted octanol–water partition coefficient (Wildman–Crippen LogP) is 13.9. The Morgan fingerprint density at radius 1 is 0.276 bits per heavy atom. The summed E-state index contributed by atoms with van der Waals surface area (Å²) in [5.74, 6) is 1.86. The van der Waals surface area contributed by atoms with Crippen molar-refractivity contribution >= 4 is 43.2 Å². The molecule has 0 amide bonds. The molecule has 0 radical (unpaired) electrons. The molecule has 2 aromatic heterocycles. The van der Waals surface area contributed by atoms with Gasteiger partial charge in [-0.2, -0.15) is 0 Å². The van der Waals surface area contributed by atoms with Crippen molar-refractivity contribution < 1.29 is 0 Å². The quantitative estimate of drug-likeness (QED) is 0.165. The number of rotatable bonds is 5. The minimum atomic E-state index is 0.614. The largest absolute Gasteiger partial charge is 0.256 e. The van der Waals surface area contributed by atoms with Crippen molar-refractivity contribution in [3.05, 3.63) is 194 Å². The Labute approximate surface area is 334 Å². The smallest absolute Gasteiger partial charge is 0.164 e. The van der Waals surface area contributed by atoms with Crippen LogP contribution in [-0.4, -0.2) is 19.9 Å². The Balaban J connectivity index is 1.11. The summed E-state index contributed by atoms with van der Waals surface area (Å²) in [7, 11) is 0. The molecule has 268 valence electrons. The second-order valence-corrected chi connectivity index (χ2v) is 15.0.